The summed E-state index contributed by atoms with van der Waals surface area (Å²) in [4.78, 5) is 2.45. The molecule has 62 heavy (non-hydrogen) atoms. The second-order valence-corrected chi connectivity index (χ2v) is 18.1. The molecule has 1 unspecified atom stereocenters. The zero-order chi connectivity index (χ0) is 40.6. The van der Waals surface area contributed by atoms with E-state index in [0.717, 1.165) is 11.4 Å². The molecule has 4 aliphatic rings. The van der Waals surface area contributed by atoms with E-state index in [0.29, 0.717) is 5.92 Å². The van der Waals surface area contributed by atoms with Crippen LogP contribution < -0.4 is 21.3 Å². The van der Waals surface area contributed by atoms with Crippen LogP contribution >= 0.6 is 0 Å². The number of hydrogen-bond acceptors (Lipinski definition) is 1. The molecule has 0 fully saturated rings. The normalized spacial score (nSPS) is 15.8. The number of para-hydroxylation sites is 5. The van der Waals surface area contributed by atoms with Crippen molar-refractivity contribution in [3.63, 3.8) is 0 Å². The predicted molar refractivity (Wildman–Crippen MR) is 259 cm³/mol. The molecule has 288 valence electrons. The van der Waals surface area contributed by atoms with E-state index >= 15 is 0 Å². The van der Waals surface area contributed by atoms with Gasteiger partial charge in [0.25, 0.3) is 6.71 Å². The maximum atomic E-state index is 2.70. The van der Waals surface area contributed by atoms with E-state index in [1.54, 1.807) is 0 Å². The van der Waals surface area contributed by atoms with Crippen molar-refractivity contribution in [1.29, 1.82) is 0 Å². The van der Waals surface area contributed by atoms with Crippen LogP contribution in [-0.2, 0) is 5.41 Å². The van der Waals surface area contributed by atoms with E-state index in [4.69, 9.17) is 0 Å². The fourth-order valence-electron chi connectivity index (χ4n) is 12.7. The molecule has 9 aromatic carbocycles. The second kappa shape index (κ2) is 11.4. The molecule has 11 aromatic rings. The van der Waals surface area contributed by atoms with Crippen molar-refractivity contribution in [1.82, 2.24) is 9.13 Å². The van der Waals surface area contributed by atoms with Crippen LogP contribution in [0.4, 0.5) is 17.1 Å². The first-order chi connectivity index (χ1) is 30.6. The fourth-order valence-corrected chi connectivity index (χ4v) is 12.7. The number of rotatable bonds is 4. The lowest BCUT2D eigenvalue weighted by Gasteiger charge is -2.44. The summed E-state index contributed by atoms with van der Waals surface area (Å²) in [5, 5.41) is 5.21. The van der Waals surface area contributed by atoms with E-state index in [9.17, 15) is 0 Å². The first-order valence-corrected chi connectivity index (χ1v) is 22.1. The smallest absolute Gasteiger partial charge is 0.252 e. The molecular formula is C58H38BN3. The predicted octanol–water partition coefficient (Wildman–Crippen LogP) is 12.3. The molecule has 4 heteroatoms. The zero-order valence-electron chi connectivity index (χ0n) is 34.4. The minimum Gasteiger partial charge on any atom is -0.310 e. The molecular weight excluding hydrogens is 749 g/mol. The summed E-state index contributed by atoms with van der Waals surface area (Å²) in [5.74, 6) is 0.409. The van der Waals surface area contributed by atoms with Crippen molar-refractivity contribution in [2.24, 2.45) is 0 Å². The van der Waals surface area contributed by atoms with Crippen LogP contribution in [0.5, 0.6) is 0 Å². The van der Waals surface area contributed by atoms with Gasteiger partial charge in [0, 0.05) is 49.8 Å². The van der Waals surface area contributed by atoms with Crippen LogP contribution in [-0.4, -0.2) is 15.8 Å². The number of fused-ring (bicyclic) bond motifs is 14. The quantitative estimate of drug-likeness (QED) is 0.162. The third-order valence-corrected chi connectivity index (χ3v) is 15.0. The van der Waals surface area contributed by atoms with Crippen molar-refractivity contribution in [2.75, 3.05) is 4.90 Å². The summed E-state index contributed by atoms with van der Waals surface area (Å²) in [6.07, 6.45) is 0. The average Bonchev–Trinajstić information content (AvgIpc) is 3.96. The van der Waals surface area contributed by atoms with Gasteiger partial charge >= 0.3 is 0 Å². The van der Waals surface area contributed by atoms with Gasteiger partial charge in [-0.15, -0.1) is 0 Å². The van der Waals surface area contributed by atoms with Gasteiger partial charge in [-0.25, -0.2) is 0 Å². The molecule has 0 amide bonds. The topological polar surface area (TPSA) is 13.1 Å². The van der Waals surface area contributed by atoms with Crippen LogP contribution in [0.15, 0.2) is 188 Å². The Labute approximate surface area is 359 Å². The number of anilines is 3. The maximum absolute atomic E-state index is 2.70. The van der Waals surface area contributed by atoms with Gasteiger partial charge in [0.1, 0.15) is 0 Å². The van der Waals surface area contributed by atoms with E-state index < -0.39 is 5.41 Å². The molecule has 0 radical (unpaired) electrons. The zero-order valence-corrected chi connectivity index (χ0v) is 34.4. The molecule has 0 saturated carbocycles. The van der Waals surface area contributed by atoms with Crippen molar-refractivity contribution in [3.8, 4) is 22.5 Å². The molecule has 0 N–H and O–H groups in total. The van der Waals surface area contributed by atoms with Crippen LogP contribution in [0.1, 0.15) is 47.6 Å². The Bertz CT molecular complexity index is 3760. The summed E-state index contributed by atoms with van der Waals surface area (Å²) < 4.78 is 5.32. The third-order valence-electron chi connectivity index (χ3n) is 15.0. The molecule has 5 heterocycles. The summed E-state index contributed by atoms with van der Waals surface area (Å²) in [6.45, 7) is 4.69. The van der Waals surface area contributed by atoms with Gasteiger partial charge in [-0.3, -0.25) is 0 Å². The number of hydrogen-bond donors (Lipinski definition) is 0. The van der Waals surface area contributed by atoms with E-state index in [2.05, 4.69) is 216 Å². The molecule has 1 spiro atoms. The van der Waals surface area contributed by atoms with E-state index in [1.807, 2.05) is 0 Å². The second-order valence-electron chi connectivity index (χ2n) is 18.1. The minimum absolute atomic E-state index is 0.0347. The van der Waals surface area contributed by atoms with Crippen LogP contribution in [0.3, 0.4) is 0 Å². The molecule has 0 saturated heterocycles. The van der Waals surface area contributed by atoms with Gasteiger partial charge in [0.2, 0.25) is 0 Å². The largest absolute Gasteiger partial charge is 0.310 e. The maximum Gasteiger partial charge on any atom is 0.252 e. The number of benzene rings is 9. The van der Waals surface area contributed by atoms with Gasteiger partial charge in [-0.2, -0.15) is 0 Å². The van der Waals surface area contributed by atoms with Crippen molar-refractivity contribution < 1.29 is 0 Å². The highest BCUT2D eigenvalue weighted by molar-refractivity contribution is 7.00. The van der Waals surface area contributed by atoms with Gasteiger partial charge in [0.05, 0.1) is 27.7 Å². The molecule has 15 rings (SSSR count). The molecule has 2 aromatic heterocycles. The van der Waals surface area contributed by atoms with E-state index in [-0.39, 0.29) is 6.71 Å². The highest BCUT2D eigenvalue weighted by atomic mass is 15.1. The summed E-state index contributed by atoms with van der Waals surface area (Å²) in [7, 11) is 0. The molecule has 1 aliphatic carbocycles. The molecule has 1 atom stereocenters. The highest BCUT2D eigenvalue weighted by Crippen LogP contribution is 2.62. The SMILES string of the molecule is CC(C)c1ccc2c(c1)C1(c3ccccc3-2)c2ccc3c4c2-n2c5c(cccc5c5cccc1c52)B4c1ccc(N(c2ccccc2)c2ccccc2)c2c4ccccc4n-3c12. The first-order valence-electron chi connectivity index (χ1n) is 22.1. The molecule has 0 bridgehead atoms. The lowest BCUT2D eigenvalue weighted by atomic mass is 9.33. The van der Waals surface area contributed by atoms with Gasteiger partial charge in [0.15, 0.2) is 0 Å². The highest BCUT2D eigenvalue weighted by Gasteiger charge is 2.54. The monoisotopic (exact) mass is 787 g/mol. The Morgan fingerprint density at radius 3 is 1.95 bits per heavy atom. The number of nitrogens with zero attached hydrogens (tertiary/aromatic N) is 3. The van der Waals surface area contributed by atoms with Gasteiger partial charge < -0.3 is 14.0 Å². The summed E-state index contributed by atoms with van der Waals surface area (Å²) in [6, 6.07) is 71.6. The minimum atomic E-state index is -0.489. The summed E-state index contributed by atoms with van der Waals surface area (Å²) in [5.41, 5.74) is 24.6. The Hall–Kier alpha value is -7.56. The Morgan fingerprint density at radius 1 is 0.484 bits per heavy atom. The molecule has 3 aliphatic heterocycles. The third kappa shape index (κ3) is 3.71. The fraction of sp³-hybridized carbons (Fsp3) is 0.0690. The van der Waals surface area contributed by atoms with Gasteiger partial charge in [-0.1, -0.05) is 159 Å². The Kier molecular flexibility index (Phi) is 6.12. The standard InChI is InChI=1S/C58H38BN3/c1-34(2)35-27-28-39-38-19-9-11-23-43(38)58(46(39)33-35)44-24-13-21-40-41-22-14-25-47-55(41)62(54(40)44)56-45(58)29-31-51-53(56)59(47)48-30-32-50(52-42-20-10-12-26-49(42)61(51)57(48)52)60(36-15-5-3-6-16-36)37-17-7-4-8-18-37/h3-34H,1-2H3. The van der Waals surface area contributed by atoms with Crippen LogP contribution in [0.2, 0.25) is 0 Å². The van der Waals surface area contributed by atoms with Crippen LogP contribution in [0.25, 0.3) is 66.1 Å². The Morgan fingerprint density at radius 2 is 1.15 bits per heavy atom. The Balaban J connectivity index is 1.13. The molecule has 3 nitrogen and oxygen atoms in total. The first kappa shape index (κ1) is 33.2. The van der Waals surface area contributed by atoms with E-state index in [1.165, 1.54) is 116 Å². The van der Waals surface area contributed by atoms with Crippen molar-refractivity contribution in [3.05, 3.63) is 216 Å². The van der Waals surface area contributed by atoms with Crippen LogP contribution in [0, 0.1) is 0 Å². The lowest BCUT2D eigenvalue weighted by molar-refractivity contribution is 0.744. The average molecular weight is 788 g/mol. The van der Waals surface area contributed by atoms with Gasteiger partial charge in [-0.05, 0) is 104 Å². The summed E-state index contributed by atoms with van der Waals surface area (Å²) >= 11 is 0. The van der Waals surface area contributed by atoms with Crippen molar-refractivity contribution in [2.45, 2.75) is 25.2 Å². The number of aromatic nitrogens is 2. The lowest BCUT2D eigenvalue weighted by Crippen LogP contribution is -2.60. The van der Waals surface area contributed by atoms with Crippen molar-refractivity contribution >= 4 is 83.8 Å².